The van der Waals surface area contributed by atoms with Gasteiger partial charge in [0, 0.05) is 5.92 Å². The molecule has 0 heterocycles. The largest absolute Gasteiger partial charge is 1.00 e. The van der Waals surface area contributed by atoms with Crippen LogP contribution in [0.5, 0.6) is 0 Å². The van der Waals surface area contributed by atoms with E-state index in [0.29, 0.717) is 0 Å². The Labute approximate surface area is 254 Å². The van der Waals surface area contributed by atoms with Crippen LogP contribution in [0.25, 0.3) is 0 Å². The molecule has 216 valence electrons. The first-order valence-electron chi connectivity index (χ1n) is 15.8. The van der Waals surface area contributed by atoms with Gasteiger partial charge >= 0.3 is 29.6 Å². The Morgan fingerprint density at radius 3 is 1.32 bits per heavy atom. The van der Waals surface area contributed by atoms with Crippen molar-refractivity contribution >= 4 is 10.4 Å². The van der Waals surface area contributed by atoms with E-state index in [0.717, 1.165) is 19.3 Å². The van der Waals surface area contributed by atoms with Gasteiger partial charge in [0.05, 0.1) is 6.61 Å². The maximum absolute atomic E-state index is 10.9. The van der Waals surface area contributed by atoms with E-state index in [4.69, 9.17) is 0 Å². The molecule has 0 N–H and O–H groups in total. The van der Waals surface area contributed by atoms with Crippen LogP contribution in [0.15, 0.2) is 12.2 Å². The normalized spacial score (nSPS) is 12.7. The van der Waals surface area contributed by atoms with Crippen molar-refractivity contribution in [2.75, 3.05) is 6.61 Å². The Balaban J connectivity index is 0. The summed E-state index contributed by atoms with van der Waals surface area (Å²) in [6.07, 6.45) is 36.7. The van der Waals surface area contributed by atoms with Gasteiger partial charge in [-0.25, -0.2) is 8.42 Å². The van der Waals surface area contributed by atoms with Gasteiger partial charge < -0.3 is 4.55 Å². The maximum atomic E-state index is 10.9. The molecule has 0 aliphatic heterocycles. The second kappa shape index (κ2) is 31.1. The second-order valence-corrected chi connectivity index (χ2v) is 11.9. The van der Waals surface area contributed by atoms with Crippen molar-refractivity contribution in [3.8, 4) is 0 Å². The Kier molecular flexibility index (Phi) is 33.5. The van der Waals surface area contributed by atoms with E-state index in [2.05, 4.69) is 30.2 Å². The van der Waals surface area contributed by atoms with Crippen LogP contribution in [0, 0.1) is 5.92 Å². The molecule has 1 unspecified atom stereocenters. The molecule has 0 saturated carbocycles. The van der Waals surface area contributed by atoms with Crippen molar-refractivity contribution in [3.05, 3.63) is 12.2 Å². The average Bonchev–Trinajstić information content (AvgIpc) is 2.85. The van der Waals surface area contributed by atoms with Crippen LogP contribution in [0.2, 0.25) is 0 Å². The summed E-state index contributed by atoms with van der Waals surface area (Å²) in [5, 5.41) is 0. The third-order valence-electron chi connectivity index (χ3n) is 7.24. The second-order valence-electron chi connectivity index (χ2n) is 10.9. The molecule has 0 rings (SSSR count). The van der Waals surface area contributed by atoms with E-state index in [1.807, 2.05) is 0 Å². The molecular formula is C31H61NaO4S. The molecular weight excluding hydrogens is 491 g/mol. The van der Waals surface area contributed by atoms with Crippen molar-refractivity contribution in [1.29, 1.82) is 0 Å². The van der Waals surface area contributed by atoms with Gasteiger partial charge in [-0.15, -0.1) is 0 Å². The first-order valence-corrected chi connectivity index (χ1v) is 17.1. The summed E-state index contributed by atoms with van der Waals surface area (Å²) in [5.41, 5.74) is 0. The van der Waals surface area contributed by atoms with Crippen molar-refractivity contribution in [3.63, 3.8) is 0 Å². The molecule has 0 aliphatic rings. The number of rotatable bonds is 29. The topological polar surface area (TPSA) is 66.4 Å². The predicted molar refractivity (Wildman–Crippen MR) is 155 cm³/mol. The quantitative estimate of drug-likeness (QED) is 0.0318. The summed E-state index contributed by atoms with van der Waals surface area (Å²) in [7, 11) is -4.61. The van der Waals surface area contributed by atoms with Gasteiger partial charge in [-0.2, -0.15) is 0 Å². The molecule has 6 heteroatoms. The van der Waals surface area contributed by atoms with E-state index < -0.39 is 10.4 Å². The van der Waals surface area contributed by atoms with Crippen LogP contribution in [0.3, 0.4) is 0 Å². The van der Waals surface area contributed by atoms with E-state index in [1.54, 1.807) is 0 Å². The third-order valence-corrected chi connectivity index (χ3v) is 7.66. The zero-order chi connectivity index (χ0) is 26.6. The van der Waals surface area contributed by atoms with Crippen LogP contribution >= 0.6 is 0 Å². The van der Waals surface area contributed by atoms with Gasteiger partial charge in [-0.05, 0) is 19.3 Å². The molecule has 0 aromatic carbocycles. The van der Waals surface area contributed by atoms with Crippen molar-refractivity contribution in [2.24, 2.45) is 5.92 Å². The fourth-order valence-electron chi connectivity index (χ4n) is 4.87. The van der Waals surface area contributed by atoms with E-state index in [9.17, 15) is 13.0 Å². The first-order chi connectivity index (χ1) is 17.5. The Morgan fingerprint density at radius 2 is 0.946 bits per heavy atom. The van der Waals surface area contributed by atoms with Gasteiger partial charge in [-0.3, -0.25) is 4.18 Å². The number of unbranched alkanes of at least 4 members (excludes halogenated alkanes) is 22. The molecule has 0 amide bonds. The summed E-state index contributed by atoms with van der Waals surface area (Å²) in [6.45, 7) is 4.49. The summed E-state index contributed by atoms with van der Waals surface area (Å²) in [4.78, 5) is 0. The predicted octanol–water partition coefficient (Wildman–Crippen LogP) is 7.43. The minimum absolute atomic E-state index is 0. The van der Waals surface area contributed by atoms with Gasteiger partial charge in [-0.1, -0.05) is 167 Å². The van der Waals surface area contributed by atoms with Crippen molar-refractivity contribution < 1.29 is 46.7 Å². The third kappa shape index (κ3) is 34.6. The van der Waals surface area contributed by atoms with Crippen LogP contribution < -0.4 is 29.6 Å². The number of allylic oxidation sites excluding steroid dienone is 1. The molecule has 0 bridgehead atoms. The zero-order valence-corrected chi connectivity index (χ0v) is 28.0. The van der Waals surface area contributed by atoms with Crippen LogP contribution in [-0.4, -0.2) is 19.6 Å². The van der Waals surface area contributed by atoms with Gasteiger partial charge in [0.1, 0.15) is 0 Å². The van der Waals surface area contributed by atoms with Crippen LogP contribution in [-0.2, 0) is 14.6 Å². The SMILES string of the molecule is CCCCCCCCCCCCCCCCC/C=C/C(CCCCCCCCCC)COS(=O)(=O)[O-].[Na+]. The smallest absolute Gasteiger partial charge is 0.726 e. The molecule has 1 atom stereocenters. The molecule has 0 aliphatic carbocycles. The minimum Gasteiger partial charge on any atom is -0.726 e. The van der Waals surface area contributed by atoms with Crippen molar-refractivity contribution in [2.45, 2.75) is 174 Å². The van der Waals surface area contributed by atoms with Gasteiger partial charge in [0.2, 0.25) is 10.4 Å². The Morgan fingerprint density at radius 1 is 0.595 bits per heavy atom. The molecule has 0 aromatic heterocycles. The molecule has 4 nitrogen and oxygen atoms in total. The molecule has 0 spiro atoms. The van der Waals surface area contributed by atoms with E-state index in [-0.39, 0.29) is 42.1 Å². The monoisotopic (exact) mass is 552 g/mol. The van der Waals surface area contributed by atoms with E-state index >= 15 is 0 Å². The van der Waals surface area contributed by atoms with Gasteiger partial charge in [0.15, 0.2) is 0 Å². The Hall–Kier alpha value is 0.610. The van der Waals surface area contributed by atoms with Gasteiger partial charge in [0.25, 0.3) is 0 Å². The summed E-state index contributed by atoms with van der Waals surface area (Å²) >= 11 is 0. The molecule has 0 radical (unpaired) electrons. The summed E-state index contributed by atoms with van der Waals surface area (Å²) < 4.78 is 37.2. The van der Waals surface area contributed by atoms with Crippen molar-refractivity contribution in [1.82, 2.24) is 0 Å². The molecule has 0 fully saturated rings. The summed E-state index contributed by atoms with van der Waals surface area (Å²) in [5.74, 6) is 0.0187. The van der Waals surface area contributed by atoms with Crippen LogP contribution in [0.1, 0.15) is 174 Å². The Bertz CT molecular complexity index is 566. The standard InChI is InChI=1S/C31H62O4S.Na/c1-3-5-7-9-11-13-14-15-16-17-18-19-20-21-23-25-27-29-31(30-35-36(32,33)34)28-26-24-22-12-10-8-6-4-2;/h27,29,31H,3-26,28,30H2,1-2H3,(H,32,33,34);/q;+1/p-1/b29-27+;. The number of hydrogen-bond acceptors (Lipinski definition) is 4. The maximum Gasteiger partial charge on any atom is 1.00 e. The van der Waals surface area contributed by atoms with Crippen LogP contribution in [0.4, 0.5) is 0 Å². The average molecular weight is 553 g/mol. The molecule has 0 saturated heterocycles. The summed E-state index contributed by atoms with van der Waals surface area (Å²) in [6, 6.07) is 0. The zero-order valence-electron chi connectivity index (χ0n) is 25.2. The minimum atomic E-state index is -4.61. The first kappa shape index (κ1) is 39.8. The fourth-order valence-corrected chi connectivity index (χ4v) is 5.21. The number of hydrogen-bond donors (Lipinski definition) is 0. The van der Waals surface area contributed by atoms with E-state index in [1.165, 1.54) is 141 Å². The molecule has 37 heavy (non-hydrogen) atoms. The fraction of sp³-hybridized carbons (Fsp3) is 0.935. The molecule has 0 aromatic rings.